The van der Waals surface area contributed by atoms with Crippen molar-refractivity contribution in [2.75, 3.05) is 6.61 Å². The molecule has 0 spiro atoms. The zero-order valence-electron chi connectivity index (χ0n) is 18.9. The molecular formula is C25H29N3O5. The lowest BCUT2D eigenvalue weighted by Gasteiger charge is -2.17. The fourth-order valence-corrected chi connectivity index (χ4v) is 4.25. The molecule has 1 aliphatic heterocycles. The fraction of sp³-hybridized carbons (Fsp3) is 0.480. The predicted octanol–water partition coefficient (Wildman–Crippen LogP) is 2.43. The van der Waals surface area contributed by atoms with E-state index in [1.54, 1.807) is 18.3 Å². The average Bonchev–Trinajstić information content (AvgIpc) is 3.38. The Bertz CT molecular complexity index is 1140. The van der Waals surface area contributed by atoms with E-state index in [1.807, 2.05) is 13.8 Å². The Hall–Kier alpha value is -3.31. The topological polar surface area (TPSA) is 124 Å². The van der Waals surface area contributed by atoms with Gasteiger partial charge in [-0.2, -0.15) is 0 Å². The number of nitrogens with one attached hydrogen (secondary N) is 1. The van der Waals surface area contributed by atoms with Gasteiger partial charge in [0.15, 0.2) is 0 Å². The van der Waals surface area contributed by atoms with Crippen LogP contribution in [0.5, 0.6) is 11.6 Å². The molecule has 4 N–H and O–H groups in total. The van der Waals surface area contributed by atoms with Crippen LogP contribution < -0.4 is 20.5 Å². The molecule has 2 aromatic rings. The molecule has 174 valence electrons. The maximum absolute atomic E-state index is 12.2. The van der Waals surface area contributed by atoms with Crippen molar-refractivity contribution in [1.29, 1.82) is 0 Å². The molecule has 0 bridgehead atoms. The quantitative estimate of drug-likeness (QED) is 0.580. The van der Waals surface area contributed by atoms with Crippen LogP contribution in [0.1, 0.15) is 68.3 Å². The van der Waals surface area contributed by atoms with Crippen LogP contribution in [0.25, 0.3) is 10.8 Å². The highest BCUT2D eigenvalue weighted by Crippen LogP contribution is 2.34. The maximum atomic E-state index is 12.2. The summed E-state index contributed by atoms with van der Waals surface area (Å²) in [4.78, 5) is 28.1. The van der Waals surface area contributed by atoms with Crippen molar-refractivity contribution in [3.8, 4) is 23.5 Å². The third-order valence-electron chi connectivity index (χ3n) is 5.95. The van der Waals surface area contributed by atoms with Crippen molar-refractivity contribution in [3.63, 3.8) is 0 Å². The first-order valence-corrected chi connectivity index (χ1v) is 11.3. The molecule has 2 heterocycles. The van der Waals surface area contributed by atoms with Crippen LogP contribution in [0.3, 0.4) is 0 Å². The number of benzene rings is 1. The molecule has 2 aliphatic rings. The Kier molecular flexibility index (Phi) is 6.43. The van der Waals surface area contributed by atoms with Gasteiger partial charge in [-0.25, -0.2) is 4.98 Å². The summed E-state index contributed by atoms with van der Waals surface area (Å²) in [5, 5.41) is 14.8. The van der Waals surface area contributed by atoms with Gasteiger partial charge in [-0.15, -0.1) is 0 Å². The number of carbonyl (C=O) groups excluding carboxylic acids is 2. The van der Waals surface area contributed by atoms with Gasteiger partial charge in [0.05, 0.1) is 23.3 Å². The smallest absolute Gasteiger partial charge is 0.252 e. The molecule has 2 fully saturated rings. The summed E-state index contributed by atoms with van der Waals surface area (Å²) in [6.45, 7) is 3.99. The second-order valence-electron chi connectivity index (χ2n) is 9.00. The largest absolute Gasteiger partial charge is 0.490 e. The minimum Gasteiger partial charge on any atom is -0.490 e. The van der Waals surface area contributed by atoms with Crippen molar-refractivity contribution >= 4 is 22.6 Å². The number of pyridine rings is 1. The van der Waals surface area contributed by atoms with Gasteiger partial charge in [-0.3, -0.25) is 9.59 Å². The van der Waals surface area contributed by atoms with E-state index in [1.165, 1.54) is 0 Å². The van der Waals surface area contributed by atoms with Gasteiger partial charge >= 0.3 is 0 Å². The van der Waals surface area contributed by atoms with E-state index in [0.29, 0.717) is 53.6 Å². The Balaban J connectivity index is 1.78. The van der Waals surface area contributed by atoms with Crippen molar-refractivity contribution in [2.24, 2.45) is 5.73 Å². The first kappa shape index (κ1) is 22.9. The van der Waals surface area contributed by atoms with Crippen LogP contribution in [0.2, 0.25) is 0 Å². The summed E-state index contributed by atoms with van der Waals surface area (Å²) in [7, 11) is 0. The Labute approximate surface area is 192 Å². The maximum Gasteiger partial charge on any atom is 0.252 e. The summed E-state index contributed by atoms with van der Waals surface area (Å²) in [5.41, 5.74) is 5.43. The van der Waals surface area contributed by atoms with Crippen LogP contribution in [-0.2, 0) is 4.79 Å². The van der Waals surface area contributed by atoms with Crippen LogP contribution in [0.4, 0.5) is 0 Å². The zero-order chi connectivity index (χ0) is 23.6. The number of primary amides is 1. The number of aliphatic hydroxyl groups is 1. The van der Waals surface area contributed by atoms with Crippen LogP contribution in [-0.4, -0.2) is 46.3 Å². The van der Waals surface area contributed by atoms with Gasteiger partial charge in [-0.1, -0.05) is 11.8 Å². The number of hydrogen-bond donors (Lipinski definition) is 3. The summed E-state index contributed by atoms with van der Waals surface area (Å²) >= 11 is 0. The van der Waals surface area contributed by atoms with Gasteiger partial charge < -0.3 is 25.6 Å². The van der Waals surface area contributed by atoms with Gasteiger partial charge in [0.2, 0.25) is 11.8 Å². The van der Waals surface area contributed by atoms with Crippen molar-refractivity contribution < 1.29 is 24.2 Å². The molecule has 1 aromatic carbocycles. The molecule has 33 heavy (non-hydrogen) atoms. The second kappa shape index (κ2) is 9.28. The first-order valence-electron chi connectivity index (χ1n) is 11.3. The lowest BCUT2D eigenvalue weighted by Crippen LogP contribution is -2.31. The van der Waals surface area contributed by atoms with Crippen molar-refractivity contribution in [2.45, 2.75) is 70.1 Å². The molecule has 8 heteroatoms. The van der Waals surface area contributed by atoms with Crippen molar-refractivity contribution in [3.05, 3.63) is 29.5 Å². The number of ether oxygens (including phenoxy) is 2. The molecule has 0 radical (unpaired) electrons. The van der Waals surface area contributed by atoms with E-state index < -0.39 is 11.5 Å². The normalized spacial score (nSPS) is 19.3. The lowest BCUT2D eigenvalue weighted by molar-refractivity contribution is -0.119. The summed E-state index contributed by atoms with van der Waals surface area (Å²) in [5.74, 6) is 6.13. The van der Waals surface area contributed by atoms with Gasteiger partial charge in [-0.05, 0) is 58.1 Å². The fourth-order valence-electron chi connectivity index (χ4n) is 4.25. The standard InChI is InChI=1S/C25H29N3O5/c1-15(2)33-21-12-19-18(11-20(21)23(26)30)16(7-10-25(31)8-3-4-9-25)13-27-24(19)32-14-17-5-6-22(29)28-17/h11-13,15,17,31H,3-6,8-9,14H2,1-2H3,(H2,26,30)(H,28,29)/t17-/m0/s1. The highest BCUT2D eigenvalue weighted by atomic mass is 16.5. The lowest BCUT2D eigenvalue weighted by atomic mass is 10.00. The van der Waals surface area contributed by atoms with E-state index in [-0.39, 0.29) is 30.2 Å². The average molecular weight is 452 g/mol. The number of carbonyl (C=O) groups is 2. The number of hydrogen-bond acceptors (Lipinski definition) is 6. The Morgan fingerprint density at radius 1 is 1.33 bits per heavy atom. The minimum atomic E-state index is -1.00. The number of amides is 2. The molecule has 1 aromatic heterocycles. The van der Waals surface area contributed by atoms with E-state index in [4.69, 9.17) is 15.2 Å². The van der Waals surface area contributed by atoms with E-state index in [0.717, 1.165) is 12.8 Å². The van der Waals surface area contributed by atoms with Crippen LogP contribution in [0.15, 0.2) is 18.3 Å². The van der Waals surface area contributed by atoms with E-state index in [2.05, 4.69) is 22.1 Å². The molecule has 1 aliphatic carbocycles. The van der Waals surface area contributed by atoms with Gasteiger partial charge in [0.25, 0.3) is 5.91 Å². The third kappa shape index (κ3) is 5.20. The van der Waals surface area contributed by atoms with Crippen molar-refractivity contribution in [1.82, 2.24) is 10.3 Å². The molecule has 2 amide bonds. The summed E-state index contributed by atoms with van der Waals surface area (Å²) < 4.78 is 11.8. The molecule has 8 nitrogen and oxygen atoms in total. The van der Waals surface area contributed by atoms with Crippen LogP contribution in [0, 0.1) is 11.8 Å². The number of nitrogens with two attached hydrogens (primary N) is 1. The zero-order valence-corrected chi connectivity index (χ0v) is 18.9. The molecular weight excluding hydrogens is 422 g/mol. The Morgan fingerprint density at radius 2 is 2.09 bits per heavy atom. The predicted molar refractivity (Wildman–Crippen MR) is 123 cm³/mol. The number of nitrogens with zero attached hydrogens (tertiary/aromatic N) is 1. The minimum absolute atomic E-state index is 0.00982. The summed E-state index contributed by atoms with van der Waals surface area (Å²) in [6, 6.07) is 3.26. The van der Waals surface area contributed by atoms with E-state index in [9.17, 15) is 14.7 Å². The third-order valence-corrected chi connectivity index (χ3v) is 5.95. The number of aromatic nitrogens is 1. The highest BCUT2D eigenvalue weighted by molar-refractivity contribution is 6.03. The van der Waals surface area contributed by atoms with Gasteiger partial charge in [0.1, 0.15) is 18.0 Å². The number of fused-ring (bicyclic) bond motifs is 1. The molecule has 0 unspecified atom stereocenters. The molecule has 1 saturated carbocycles. The summed E-state index contributed by atoms with van der Waals surface area (Å²) in [6.07, 6.45) is 5.74. The molecule has 4 rings (SSSR count). The number of rotatable bonds is 6. The Morgan fingerprint density at radius 3 is 2.73 bits per heavy atom. The van der Waals surface area contributed by atoms with Crippen LogP contribution >= 0.6 is 0 Å². The van der Waals surface area contributed by atoms with Gasteiger partial charge in [0, 0.05) is 23.4 Å². The highest BCUT2D eigenvalue weighted by Gasteiger charge is 2.29. The van der Waals surface area contributed by atoms with E-state index >= 15 is 0 Å². The molecule has 1 saturated heterocycles. The second-order valence-corrected chi connectivity index (χ2v) is 9.00. The molecule has 1 atom stereocenters. The monoisotopic (exact) mass is 451 g/mol. The first-order chi connectivity index (χ1) is 15.7. The SMILES string of the molecule is CC(C)Oc1cc2c(OC[C@@H]3CCC(=O)N3)ncc(C#CC3(O)CCCC3)c2cc1C(N)=O.